The third-order valence-electron chi connectivity index (χ3n) is 4.31. The normalized spacial score (nSPS) is 26.5. The van der Waals surface area contributed by atoms with Gasteiger partial charge in [0.25, 0.3) is 0 Å². The second kappa shape index (κ2) is 6.16. The Labute approximate surface area is 137 Å². The standard InChI is InChI=1S/C14H18ClN3O3S/c1-16-11(8-19)14(21)18-5-4-17(7-10(18)13(16)20)6-9-2-3-12(15)22-9/h2-3,10-11,19H,4-8H2,1H3/t10-,11+/m1/s1. The van der Waals surface area contributed by atoms with E-state index in [1.165, 1.54) is 16.2 Å². The highest BCUT2D eigenvalue weighted by atomic mass is 35.5. The summed E-state index contributed by atoms with van der Waals surface area (Å²) in [6.45, 7) is 2.15. The fourth-order valence-corrected chi connectivity index (χ4v) is 4.19. The Kier molecular flexibility index (Phi) is 4.40. The molecule has 0 saturated carbocycles. The van der Waals surface area contributed by atoms with Gasteiger partial charge in [-0.1, -0.05) is 11.6 Å². The van der Waals surface area contributed by atoms with Crippen molar-refractivity contribution in [3.8, 4) is 0 Å². The van der Waals surface area contributed by atoms with Crippen LogP contribution in [0.25, 0.3) is 0 Å². The Morgan fingerprint density at radius 1 is 1.32 bits per heavy atom. The van der Waals surface area contributed by atoms with Crippen molar-refractivity contribution < 1.29 is 14.7 Å². The van der Waals surface area contributed by atoms with Crippen LogP contribution in [0.15, 0.2) is 12.1 Å². The van der Waals surface area contributed by atoms with Crippen molar-refractivity contribution in [2.75, 3.05) is 33.3 Å². The average molecular weight is 344 g/mol. The Morgan fingerprint density at radius 2 is 2.09 bits per heavy atom. The zero-order chi connectivity index (χ0) is 15.9. The summed E-state index contributed by atoms with van der Waals surface area (Å²) >= 11 is 7.48. The smallest absolute Gasteiger partial charge is 0.248 e. The first kappa shape index (κ1) is 15.7. The fraction of sp³-hybridized carbons (Fsp3) is 0.571. The van der Waals surface area contributed by atoms with Crippen LogP contribution in [0.2, 0.25) is 4.34 Å². The van der Waals surface area contributed by atoms with E-state index in [4.69, 9.17) is 11.6 Å². The van der Waals surface area contributed by atoms with Crippen molar-refractivity contribution in [2.45, 2.75) is 18.6 Å². The number of nitrogens with zero attached hydrogens (tertiary/aromatic N) is 3. The van der Waals surface area contributed by atoms with E-state index in [1.807, 2.05) is 12.1 Å². The van der Waals surface area contributed by atoms with Gasteiger partial charge in [-0.05, 0) is 12.1 Å². The zero-order valence-corrected chi connectivity index (χ0v) is 13.8. The highest BCUT2D eigenvalue weighted by molar-refractivity contribution is 7.16. The van der Waals surface area contributed by atoms with Gasteiger partial charge >= 0.3 is 0 Å². The molecule has 0 aromatic carbocycles. The molecule has 2 fully saturated rings. The van der Waals surface area contributed by atoms with Crippen LogP contribution in [0.5, 0.6) is 0 Å². The second-order valence-electron chi connectivity index (χ2n) is 5.64. The number of amides is 2. The minimum absolute atomic E-state index is 0.104. The number of hydrogen-bond acceptors (Lipinski definition) is 5. The molecule has 22 heavy (non-hydrogen) atoms. The molecule has 0 bridgehead atoms. The van der Waals surface area contributed by atoms with E-state index in [2.05, 4.69) is 4.90 Å². The number of fused-ring (bicyclic) bond motifs is 1. The molecule has 0 spiro atoms. The highest BCUT2D eigenvalue weighted by Crippen LogP contribution is 2.25. The number of carbonyl (C=O) groups excluding carboxylic acids is 2. The number of aliphatic hydroxyl groups is 1. The summed E-state index contributed by atoms with van der Waals surface area (Å²) in [5, 5.41) is 9.33. The Morgan fingerprint density at radius 3 is 2.73 bits per heavy atom. The summed E-state index contributed by atoms with van der Waals surface area (Å²) in [6, 6.07) is 2.66. The lowest BCUT2D eigenvalue weighted by Crippen LogP contribution is -2.69. The molecule has 8 heteroatoms. The lowest BCUT2D eigenvalue weighted by atomic mass is 10.0. The molecule has 1 N–H and O–H groups in total. The number of rotatable bonds is 3. The van der Waals surface area contributed by atoms with Crippen molar-refractivity contribution >= 4 is 34.8 Å². The number of thiophene rings is 1. The van der Waals surface area contributed by atoms with Gasteiger partial charge in [0.1, 0.15) is 12.1 Å². The van der Waals surface area contributed by atoms with Crippen molar-refractivity contribution in [3.63, 3.8) is 0 Å². The highest BCUT2D eigenvalue weighted by Gasteiger charge is 2.46. The molecule has 0 radical (unpaired) electrons. The summed E-state index contributed by atoms with van der Waals surface area (Å²) in [7, 11) is 1.58. The molecule has 2 aliphatic heterocycles. The Balaban J connectivity index is 1.72. The summed E-state index contributed by atoms with van der Waals surface area (Å²) < 4.78 is 0.753. The van der Waals surface area contributed by atoms with Crippen LogP contribution < -0.4 is 0 Å². The minimum Gasteiger partial charge on any atom is -0.394 e. The van der Waals surface area contributed by atoms with Gasteiger partial charge < -0.3 is 14.9 Å². The van der Waals surface area contributed by atoms with Gasteiger partial charge in [-0.15, -0.1) is 11.3 Å². The summed E-state index contributed by atoms with van der Waals surface area (Å²) in [5.74, 6) is -0.263. The van der Waals surface area contributed by atoms with E-state index in [1.54, 1.807) is 11.9 Å². The van der Waals surface area contributed by atoms with E-state index >= 15 is 0 Å². The number of aliphatic hydroxyl groups excluding tert-OH is 1. The topological polar surface area (TPSA) is 64.1 Å². The molecule has 3 rings (SSSR count). The van der Waals surface area contributed by atoms with Crippen LogP contribution in [0.3, 0.4) is 0 Å². The molecule has 2 amide bonds. The SMILES string of the molecule is CN1C(=O)[C@H]2CN(Cc3ccc(Cl)s3)CCN2C(=O)[C@@H]1CO. The maximum absolute atomic E-state index is 12.5. The van der Waals surface area contributed by atoms with Crippen molar-refractivity contribution in [3.05, 3.63) is 21.3 Å². The monoisotopic (exact) mass is 343 g/mol. The predicted molar refractivity (Wildman–Crippen MR) is 83.8 cm³/mol. The first-order valence-corrected chi connectivity index (χ1v) is 8.35. The molecule has 1 aromatic heterocycles. The van der Waals surface area contributed by atoms with Crippen molar-refractivity contribution in [1.29, 1.82) is 0 Å². The lowest BCUT2D eigenvalue weighted by Gasteiger charge is -2.47. The van der Waals surface area contributed by atoms with Crippen LogP contribution in [0.1, 0.15) is 4.88 Å². The van der Waals surface area contributed by atoms with E-state index in [-0.39, 0.29) is 18.4 Å². The van der Waals surface area contributed by atoms with Crippen LogP contribution >= 0.6 is 22.9 Å². The first-order chi connectivity index (χ1) is 10.5. The molecule has 6 nitrogen and oxygen atoms in total. The predicted octanol–water partition coefficient (Wildman–Crippen LogP) is 0.247. The first-order valence-electron chi connectivity index (χ1n) is 7.16. The Bertz CT molecular complexity index is 594. The maximum atomic E-state index is 12.5. The summed E-state index contributed by atoms with van der Waals surface area (Å²) in [4.78, 5) is 31.1. The zero-order valence-electron chi connectivity index (χ0n) is 12.2. The molecule has 0 aliphatic carbocycles. The molecule has 2 atom stereocenters. The van der Waals surface area contributed by atoms with Gasteiger partial charge in [-0.2, -0.15) is 0 Å². The fourth-order valence-electron chi connectivity index (χ4n) is 3.06. The number of hydrogen-bond donors (Lipinski definition) is 1. The molecular formula is C14H18ClN3O3S. The van der Waals surface area contributed by atoms with E-state index < -0.39 is 12.1 Å². The number of piperazine rings is 2. The maximum Gasteiger partial charge on any atom is 0.248 e. The molecule has 2 saturated heterocycles. The largest absolute Gasteiger partial charge is 0.394 e. The van der Waals surface area contributed by atoms with Gasteiger partial charge in [-0.25, -0.2) is 0 Å². The van der Waals surface area contributed by atoms with Gasteiger partial charge in [0.15, 0.2) is 0 Å². The molecular weight excluding hydrogens is 326 g/mol. The molecule has 120 valence electrons. The van der Waals surface area contributed by atoms with Crippen LogP contribution in [-0.2, 0) is 16.1 Å². The summed E-state index contributed by atoms with van der Waals surface area (Å²) in [6.07, 6.45) is 0. The number of halogens is 1. The molecule has 2 aliphatic rings. The molecule has 0 unspecified atom stereocenters. The third-order valence-corrected chi connectivity index (χ3v) is 5.53. The summed E-state index contributed by atoms with van der Waals surface area (Å²) in [5.41, 5.74) is 0. The Hall–Kier alpha value is -1.15. The number of likely N-dealkylation sites (N-methyl/N-ethyl adjacent to an activating group) is 1. The van der Waals surface area contributed by atoms with Crippen LogP contribution in [0.4, 0.5) is 0 Å². The third kappa shape index (κ3) is 2.74. The van der Waals surface area contributed by atoms with Gasteiger partial charge in [0.05, 0.1) is 10.9 Å². The molecule has 1 aromatic rings. The van der Waals surface area contributed by atoms with Gasteiger partial charge in [0, 0.05) is 38.1 Å². The van der Waals surface area contributed by atoms with E-state index in [0.717, 1.165) is 15.8 Å². The van der Waals surface area contributed by atoms with Crippen molar-refractivity contribution in [1.82, 2.24) is 14.7 Å². The number of carbonyl (C=O) groups is 2. The van der Waals surface area contributed by atoms with Crippen LogP contribution in [0, 0.1) is 0 Å². The van der Waals surface area contributed by atoms with Gasteiger partial charge in [-0.3, -0.25) is 14.5 Å². The quantitative estimate of drug-likeness (QED) is 0.854. The average Bonchev–Trinajstić information content (AvgIpc) is 2.90. The van der Waals surface area contributed by atoms with Crippen molar-refractivity contribution in [2.24, 2.45) is 0 Å². The van der Waals surface area contributed by atoms with E-state index in [9.17, 15) is 14.7 Å². The van der Waals surface area contributed by atoms with E-state index in [0.29, 0.717) is 19.6 Å². The minimum atomic E-state index is -0.744. The molecule has 3 heterocycles. The van der Waals surface area contributed by atoms with Gasteiger partial charge in [0.2, 0.25) is 11.8 Å². The lowest BCUT2D eigenvalue weighted by molar-refractivity contribution is -0.165. The second-order valence-corrected chi connectivity index (χ2v) is 7.44. The van der Waals surface area contributed by atoms with Crippen LogP contribution in [-0.4, -0.2) is 77.0 Å².